The Balaban J connectivity index is 0.00000435. The Morgan fingerprint density at radius 1 is 1.04 bits per heavy atom. The van der Waals surface area contributed by atoms with Crippen LogP contribution in [-0.4, -0.2) is 47.1 Å². The topological polar surface area (TPSA) is 181 Å². The Hall–Kier alpha value is -3.34. The normalized spacial score (nSPS) is 31.3. The second-order valence-corrected chi connectivity index (χ2v) is 16.9. The minimum atomic E-state index is -4.82. The van der Waals surface area contributed by atoms with Gasteiger partial charge in [0.25, 0.3) is 0 Å². The summed E-state index contributed by atoms with van der Waals surface area (Å²) in [4.78, 5) is 4.41. The number of rotatable bonds is 3. The molecule has 7 aliphatic rings. The molecule has 10 rings (SSSR count). The molecule has 6 N–H and O–H groups in total. The van der Waals surface area contributed by atoms with Gasteiger partial charge in [0.05, 0.1) is 21.5 Å². The number of aromatic hydroxyl groups is 1. The van der Waals surface area contributed by atoms with Crippen LogP contribution >= 0.6 is 0 Å². The maximum Gasteiger partial charge on any atom is 1.00 e. The fourth-order valence-corrected chi connectivity index (χ4v) is 10.7. The van der Waals surface area contributed by atoms with Gasteiger partial charge >= 0.3 is 29.6 Å². The fraction of sp³-hybridized carbons (Fsp3) is 0.439. The van der Waals surface area contributed by atoms with Crippen LogP contribution in [-0.2, 0) is 21.3 Å². The van der Waals surface area contributed by atoms with Gasteiger partial charge in [-0.3, -0.25) is 0 Å². The Morgan fingerprint density at radius 3 is 2.53 bits per heavy atom. The van der Waals surface area contributed by atoms with Gasteiger partial charge in [-0.2, -0.15) is 0 Å². The predicted molar refractivity (Wildman–Crippen MR) is 195 cm³/mol. The second kappa shape index (κ2) is 15.1. The minimum Gasteiger partial charge on any atom is -0.748 e. The van der Waals surface area contributed by atoms with Crippen LogP contribution in [0.3, 0.4) is 0 Å². The number of aliphatic hydroxyl groups is 1. The van der Waals surface area contributed by atoms with Crippen molar-refractivity contribution >= 4 is 16.1 Å². The molecule has 10 bridgehead atoms. The number of phenols is 1. The van der Waals surface area contributed by atoms with E-state index in [1.807, 2.05) is 54.6 Å². The van der Waals surface area contributed by atoms with E-state index in [-0.39, 0.29) is 83.9 Å². The Bertz CT molecular complexity index is 2110. The van der Waals surface area contributed by atoms with Crippen LogP contribution in [0.5, 0.6) is 11.5 Å². The van der Waals surface area contributed by atoms with Gasteiger partial charge < -0.3 is 35.7 Å². The van der Waals surface area contributed by atoms with E-state index in [9.17, 15) is 23.2 Å². The first-order valence-corrected chi connectivity index (χ1v) is 19.7. The number of fused-ring (bicyclic) bond motifs is 9. The number of phenolic OH excluding ortho intramolecular Hbond substituents is 1. The van der Waals surface area contributed by atoms with Crippen molar-refractivity contribution in [1.82, 2.24) is 0 Å². The minimum absolute atomic E-state index is 0. The van der Waals surface area contributed by atoms with E-state index in [2.05, 4.69) is 23.8 Å². The fourth-order valence-electron chi connectivity index (χ4n) is 9.60. The summed E-state index contributed by atoms with van der Waals surface area (Å²) in [5.74, 6) is 5.53. The Morgan fingerprint density at radius 2 is 1.79 bits per heavy atom. The van der Waals surface area contributed by atoms with Gasteiger partial charge in [0, 0.05) is 35.6 Å². The molecule has 12 heteroatoms. The molecule has 0 saturated carbocycles. The van der Waals surface area contributed by atoms with E-state index in [4.69, 9.17) is 20.9 Å². The summed E-state index contributed by atoms with van der Waals surface area (Å²) in [6, 6.07) is 18.7. The van der Waals surface area contributed by atoms with Crippen molar-refractivity contribution in [2.45, 2.75) is 81.0 Å². The van der Waals surface area contributed by atoms with Gasteiger partial charge in [0.2, 0.25) is 6.23 Å². The molecule has 0 unspecified atom stereocenters. The molecule has 5 heterocycles. The second-order valence-electron chi connectivity index (χ2n) is 15.3. The molecule has 2 aliphatic carbocycles. The van der Waals surface area contributed by atoms with Gasteiger partial charge in [-0.05, 0) is 108 Å². The number of nitrogens with two attached hydrogens (primary N) is 2. The maximum absolute atomic E-state index is 13.7. The average Bonchev–Trinajstić information content (AvgIpc) is 3.20. The molecule has 3 aromatic rings. The number of nitrogens with zero attached hydrogens (tertiary/aromatic N) is 1. The van der Waals surface area contributed by atoms with Gasteiger partial charge in [-0.1, -0.05) is 61.2 Å². The summed E-state index contributed by atoms with van der Waals surface area (Å²) in [7, 11) is -4.82. The third-order valence-corrected chi connectivity index (χ3v) is 13.4. The number of aliphatic hydroxyl groups excluding tert-OH is 1. The number of hydrogen-bond acceptors (Lipinski definition) is 8. The largest absolute Gasteiger partial charge is 1.00 e. The molecule has 0 radical (unpaired) electrons. The summed E-state index contributed by atoms with van der Waals surface area (Å²) >= 11 is 0. The van der Waals surface area contributed by atoms with Crippen molar-refractivity contribution in [3.8, 4) is 23.3 Å². The van der Waals surface area contributed by atoms with E-state index in [0.29, 0.717) is 30.6 Å². The Labute approximate surface area is 333 Å². The van der Waals surface area contributed by atoms with Gasteiger partial charge in [-0.25, -0.2) is 13.4 Å². The van der Waals surface area contributed by atoms with Crippen molar-refractivity contribution in [2.75, 3.05) is 6.61 Å². The molecule has 1 saturated heterocycles. The van der Waals surface area contributed by atoms with Crippen LogP contribution in [0.15, 0.2) is 77.3 Å². The summed E-state index contributed by atoms with van der Waals surface area (Å²) < 4.78 is 54.5. The molecule has 10 atom stereocenters. The van der Waals surface area contributed by atoms with E-state index in [0.717, 1.165) is 46.2 Å². The Kier molecular flexibility index (Phi) is 10.8. The first kappa shape index (κ1) is 38.0. The van der Waals surface area contributed by atoms with Crippen LogP contribution in [0.4, 0.5) is 0 Å². The number of aryl methyl sites for hydroxylation is 1. The molecule has 3 aromatic carbocycles. The number of aliphatic imine (C=N–C) groups is 1. The van der Waals surface area contributed by atoms with Crippen molar-refractivity contribution < 1.29 is 62.2 Å². The molecule has 1 fully saturated rings. The molecule has 0 aromatic heterocycles. The van der Waals surface area contributed by atoms with Crippen LogP contribution in [0.1, 0.15) is 96.6 Å². The molecule has 5 aliphatic heterocycles. The molecule has 0 spiro atoms. The van der Waals surface area contributed by atoms with Crippen molar-refractivity contribution in [1.29, 1.82) is 0 Å². The third kappa shape index (κ3) is 7.40. The third-order valence-electron chi connectivity index (χ3n) is 12.2. The number of ether oxygens (including phenoxy) is 2. The van der Waals surface area contributed by atoms with Crippen molar-refractivity contribution in [3.05, 3.63) is 106 Å². The smallest absolute Gasteiger partial charge is 0.748 e. The molecule has 272 valence electrons. The predicted octanol–water partition coefficient (Wildman–Crippen LogP) is 2.27. The molecule has 0 amide bonds. The van der Waals surface area contributed by atoms with Crippen molar-refractivity contribution in [2.24, 2.45) is 40.1 Å². The van der Waals surface area contributed by atoms with Gasteiger partial charge in [0.1, 0.15) is 17.6 Å². The number of allylic oxidation sites excluding steroid dienone is 1. The summed E-state index contributed by atoms with van der Waals surface area (Å²) in [6.07, 6.45) is 3.56. The van der Waals surface area contributed by atoms with E-state index < -0.39 is 39.7 Å². The monoisotopic (exact) mass is 745 g/mol. The standard InChI is InChI=1S/C41H45N3O7S.Na/c1-22-5-6-26-17-31-12-14-32(26)34(22)20-37(52(47,48)49)35-18-29-15-28(38(35)23-7-9-24(10-8-23)40(50-31)44-41(42)43)19-36-27(21-45)4-2-3-25-16-30(46)11-13-33(25)39(29)51-36;/h7-14,16-18,22,27-28,34-40,45-46H,4-6,15,19-21H2,1H3,(H4,42,43,44)(H,47,48,49);/q;+1/p-1/t22-,27+,28+,34-,35-,36-,37+,38-,39+,40+;/m0./s1. The number of benzene rings is 3. The van der Waals surface area contributed by atoms with Crippen LogP contribution in [0.25, 0.3) is 0 Å². The SMILES string of the molecule is C[C@H]1CCc2cc3ccc2[C@H]1C[C@@H](S(=O)(=O)[O-])[C@@H]1C=C2C[C@H](C[C@@H]4O[C@H]2c2ccc(O)cc2C#CC[C@@H]4CO)[C@@H]1c1ccc(cc1)[C@H](N=C(N)N)O3.[Na+]. The average molecular weight is 746 g/mol. The molecular weight excluding hydrogens is 702 g/mol. The zero-order valence-corrected chi connectivity index (χ0v) is 32.8. The summed E-state index contributed by atoms with van der Waals surface area (Å²) in [5.41, 5.74) is 17.7. The van der Waals surface area contributed by atoms with E-state index >= 15 is 0 Å². The first-order chi connectivity index (χ1) is 25.0. The number of hydrogen-bond donors (Lipinski definition) is 4. The summed E-state index contributed by atoms with van der Waals surface area (Å²) in [6.45, 7) is 2.01. The molecule has 53 heavy (non-hydrogen) atoms. The molecule has 10 nitrogen and oxygen atoms in total. The van der Waals surface area contributed by atoms with Crippen LogP contribution in [0, 0.1) is 35.5 Å². The summed E-state index contributed by atoms with van der Waals surface area (Å²) in [5, 5.41) is 19.8. The van der Waals surface area contributed by atoms with Crippen molar-refractivity contribution in [3.63, 3.8) is 0 Å². The van der Waals surface area contributed by atoms with E-state index in [1.165, 1.54) is 0 Å². The van der Waals surface area contributed by atoms with Gasteiger partial charge in [-0.15, -0.1) is 0 Å². The van der Waals surface area contributed by atoms with Gasteiger partial charge in [0.15, 0.2) is 5.96 Å². The number of guanidine groups is 1. The van der Waals surface area contributed by atoms with E-state index in [1.54, 1.807) is 12.1 Å². The molecular formula is C41H44N3NaO7S. The zero-order chi connectivity index (χ0) is 36.3. The first-order valence-electron chi connectivity index (χ1n) is 18.2. The van der Waals surface area contributed by atoms with Crippen LogP contribution in [0.2, 0.25) is 0 Å². The maximum atomic E-state index is 13.7. The zero-order valence-electron chi connectivity index (χ0n) is 30.0. The quantitative estimate of drug-likeness (QED) is 0.0782. The van der Waals surface area contributed by atoms with Crippen LogP contribution < -0.4 is 45.8 Å².